The topological polar surface area (TPSA) is 13.1 Å². The van der Waals surface area contributed by atoms with Gasteiger partial charge in [0.2, 0.25) is 0 Å². The Bertz CT molecular complexity index is 379. The van der Waals surface area contributed by atoms with Crippen molar-refractivity contribution in [3.63, 3.8) is 0 Å². The van der Waals surface area contributed by atoms with Crippen molar-refractivity contribution in [2.24, 2.45) is 0 Å². The molecule has 0 spiro atoms. The van der Waals surface area contributed by atoms with Crippen LogP contribution in [0.4, 0.5) is 0 Å². The minimum absolute atomic E-state index is 0.568. The zero-order valence-corrected chi connectivity index (χ0v) is 6.66. The molecule has 2 rings (SSSR count). The van der Waals surface area contributed by atoms with Crippen LogP contribution in [0.25, 0.3) is 0 Å². The summed E-state index contributed by atoms with van der Waals surface area (Å²) in [6, 6.07) is 11.9. The van der Waals surface area contributed by atoms with Crippen molar-refractivity contribution >= 4 is 0 Å². The normalized spacial score (nSPS) is 11.2. The highest BCUT2D eigenvalue weighted by molar-refractivity contribution is 5.20. The van der Waals surface area contributed by atoms with Crippen LogP contribution in [0, 0.1) is 0 Å². The Hall–Kier alpha value is -1.50. The number of benzene rings is 1. The molecule has 1 nitrogen and oxygen atoms in total. The van der Waals surface area contributed by atoms with E-state index in [1.54, 1.807) is 12.3 Å². The minimum Gasteiger partial charge on any atom is -0.469 e. The molecule has 0 fully saturated rings. The van der Waals surface area contributed by atoms with E-state index in [-0.39, 0.29) is 0 Å². The lowest BCUT2D eigenvalue weighted by Gasteiger charge is -1.95. The van der Waals surface area contributed by atoms with Crippen molar-refractivity contribution in [1.82, 2.24) is 0 Å². The molecule has 1 aromatic heterocycles. The maximum absolute atomic E-state index is 7.63. The predicted octanol–water partition coefficient (Wildman–Crippen LogP) is 2.87. The van der Waals surface area contributed by atoms with Crippen LogP contribution in [0.1, 0.15) is 12.7 Å². The number of hydrogen-bond acceptors (Lipinski definition) is 1. The molecule has 0 aliphatic carbocycles. The smallest absolute Gasteiger partial charge is 0.108 e. The van der Waals surface area contributed by atoms with Crippen LogP contribution in [0.3, 0.4) is 0 Å². The molecular formula is C11H10O. The molecule has 0 atom stereocenters. The zero-order valence-electron chi connectivity index (χ0n) is 7.66. The first kappa shape index (κ1) is 6.06. The molecule has 60 valence electrons. The van der Waals surface area contributed by atoms with Crippen LogP contribution in [-0.4, -0.2) is 0 Å². The summed E-state index contributed by atoms with van der Waals surface area (Å²) >= 11 is 0. The Morgan fingerprint density at radius 3 is 2.92 bits per heavy atom. The van der Waals surface area contributed by atoms with E-state index in [1.165, 1.54) is 0 Å². The predicted molar refractivity (Wildman–Crippen MR) is 48.0 cm³/mol. The second-order valence-corrected chi connectivity index (χ2v) is 2.64. The van der Waals surface area contributed by atoms with Gasteiger partial charge in [-0.15, -0.1) is 0 Å². The Morgan fingerprint density at radius 1 is 1.17 bits per heavy atom. The van der Waals surface area contributed by atoms with E-state index < -0.39 is 0 Å². The summed E-state index contributed by atoms with van der Waals surface area (Å²) in [5.41, 5.74) is 0.998. The molecule has 1 heterocycles. The third kappa shape index (κ3) is 1.56. The van der Waals surface area contributed by atoms with E-state index >= 15 is 0 Å². The molecular weight excluding hydrogens is 148 g/mol. The Kier molecular flexibility index (Phi) is 1.65. The van der Waals surface area contributed by atoms with E-state index in [1.807, 2.05) is 30.3 Å². The van der Waals surface area contributed by atoms with Crippen LogP contribution in [0.15, 0.2) is 53.1 Å². The zero-order chi connectivity index (χ0) is 9.10. The second-order valence-electron chi connectivity index (χ2n) is 2.64. The summed E-state index contributed by atoms with van der Waals surface area (Å²) in [5.74, 6) is 0.903. The summed E-state index contributed by atoms with van der Waals surface area (Å²) in [4.78, 5) is 0. The first-order valence-electron chi connectivity index (χ1n) is 4.43. The van der Waals surface area contributed by atoms with Gasteiger partial charge < -0.3 is 4.42 Å². The van der Waals surface area contributed by atoms with Gasteiger partial charge in [-0.3, -0.25) is 0 Å². The second kappa shape index (κ2) is 3.26. The van der Waals surface area contributed by atoms with Gasteiger partial charge in [0.05, 0.1) is 7.63 Å². The van der Waals surface area contributed by atoms with Crippen LogP contribution in [0.2, 0.25) is 0 Å². The van der Waals surface area contributed by atoms with Gasteiger partial charge in [-0.25, -0.2) is 0 Å². The molecule has 0 N–H and O–H groups in total. The van der Waals surface area contributed by atoms with Gasteiger partial charge in [-0.1, -0.05) is 30.3 Å². The molecule has 0 bridgehead atoms. The first-order chi connectivity index (χ1) is 6.36. The third-order valence-electron chi connectivity index (χ3n) is 1.72. The molecule has 12 heavy (non-hydrogen) atoms. The van der Waals surface area contributed by atoms with Crippen molar-refractivity contribution in [3.05, 3.63) is 60.0 Å². The highest BCUT2D eigenvalue weighted by Gasteiger charge is 1.95. The van der Waals surface area contributed by atoms with E-state index in [0.717, 1.165) is 11.3 Å². The van der Waals surface area contributed by atoms with Gasteiger partial charge in [0, 0.05) is 6.42 Å². The van der Waals surface area contributed by atoms with Crippen molar-refractivity contribution in [1.29, 1.82) is 0 Å². The van der Waals surface area contributed by atoms with Crippen molar-refractivity contribution in [2.45, 2.75) is 6.42 Å². The maximum atomic E-state index is 7.63. The van der Waals surface area contributed by atoms with Crippen LogP contribution in [0.5, 0.6) is 0 Å². The average Bonchev–Trinajstić information content (AvgIpc) is 2.61. The van der Waals surface area contributed by atoms with Crippen molar-refractivity contribution in [2.75, 3.05) is 0 Å². The van der Waals surface area contributed by atoms with Crippen LogP contribution in [-0.2, 0) is 6.42 Å². The number of furan rings is 1. The fraction of sp³-hybridized carbons (Fsp3) is 0.0909. The van der Waals surface area contributed by atoms with Crippen molar-refractivity contribution < 1.29 is 5.79 Å². The fourth-order valence-electron chi connectivity index (χ4n) is 1.14. The highest BCUT2D eigenvalue weighted by Crippen LogP contribution is 2.08. The van der Waals surface area contributed by atoms with E-state index in [0.29, 0.717) is 12.5 Å². The van der Waals surface area contributed by atoms with E-state index in [2.05, 4.69) is 0 Å². The summed E-state index contributed by atoms with van der Waals surface area (Å²) in [6.07, 6.45) is 2.36. The summed E-state index contributed by atoms with van der Waals surface area (Å²) in [5, 5.41) is 0. The highest BCUT2D eigenvalue weighted by atomic mass is 16.3. The Balaban J connectivity index is 2.24. The first-order valence-corrected chi connectivity index (χ1v) is 3.93. The summed E-state index contributed by atoms with van der Waals surface area (Å²) in [6.45, 7) is 0. The number of hydrogen-bond donors (Lipinski definition) is 0. The van der Waals surface area contributed by atoms with Crippen molar-refractivity contribution in [3.8, 4) is 0 Å². The molecule has 0 amide bonds. The Labute approximate surface area is 73.1 Å². The Morgan fingerprint density at radius 2 is 2.17 bits per heavy atom. The summed E-state index contributed by atoms with van der Waals surface area (Å²) in [7, 11) is 0. The standard InChI is InChI=1S/C11H10O/c1-2-5-10(6-3-1)9-11-7-4-8-12-11/h1-8H,9H2/i5D. The molecule has 1 heteroatoms. The average molecular weight is 159 g/mol. The van der Waals surface area contributed by atoms with Gasteiger partial charge in [-0.05, 0) is 17.7 Å². The monoisotopic (exact) mass is 159 g/mol. The SMILES string of the molecule is [2H]c1ccccc1Cc1ccco1. The lowest BCUT2D eigenvalue weighted by Crippen LogP contribution is -1.83. The van der Waals surface area contributed by atoms with Gasteiger partial charge in [0.1, 0.15) is 5.76 Å². The molecule has 0 saturated heterocycles. The molecule has 1 aromatic carbocycles. The minimum atomic E-state index is 0.568. The third-order valence-corrected chi connectivity index (χ3v) is 1.72. The van der Waals surface area contributed by atoms with Gasteiger partial charge in [0.15, 0.2) is 0 Å². The lowest BCUT2D eigenvalue weighted by molar-refractivity contribution is 0.521. The quantitative estimate of drug-likeness (QED) is 0.656. The molecule has 0 radical (unpaired) electrons. The van der Waals surface area contributed by atoms with Crippen LogP contribution >= 0.6 is 0 Å². The fourth-order valence-corrected chi connectivity index (χ4v) is 1.14. The lowest BCUT2D eigenvalue weighted by atomic mass is 10.1. The van der Waals surface area contributed by atoms with Gasteiger partial charge in [0.25, 0.3) is 0 Å². The number of rotatable bonds is 2. The molecule has 0 unspecified atom stereocenters. The maximum Gasteiger partial charge on any atom is 0.108 e. The van der Waals surface area contributed by atoms with E-state index in [4.69, 9.17) is 5.79 Å². The van der Waals surface area contributed by atoms with Gasteiger partial charge >= 0.3 is 0 Å². The van der Waals surface area contributed by atoms with Crippen LogP contribution < -0.4 is 0 Å². The molecule has 0 aliphatic rings. The molecule has 2 aromatic rings. The van der Waals surface area contributed by atoms with Gasteiger partial charge in [-0.2, -0.15) is 0 Å². The van der Waals surface area contributed by atoms with E-state index in [9.17, 15) is 0 Å². The summed E-state index contributed by atoms with van der Waals surface area (Å²) < 4.78 is 12.8. The molecule has 0 aliphatic heterocycles. The molecule has 0 saturated carbocycles. The largest absolute Gasteiger partial charge is 0.469 e.